The average Bonchev–Trinajstić information content (AvgIpc) is 2.31. The van der Waals surface area contributed by atoms with Crippen LogP contribution in [0.3, 0.4) is 0 Å². The summed E-state index contributed by atoms with van der Waals surface area (Å²) in [6.45, 7) is 0. The number of rotatable bonds is 2. The van der Waals surface area contributed by atoms with Gasteiger partial charge >= 0.3 is 0 Å². The van der Waals surface area contributed by atoms with Crippen molar-refractivity contribution in [2.45, 2.75) is 0 Å². The first-order valence-corrected chi connectivity index (χ1v) is 4.75. The molecule has 2 rings (SSSR count). The highest BCUT2D eigenvalue weighted by molar-refractivity contribution is 5.66. The Balaban J connectivity index is 2.38. The average molecular weight is 230 g/mol. The topological polar surface area (TPSA) is 102 Å². The number of aromatic hydroxyl groups is 2. The Morgan fingerprint density at radius 2 is 1.29 bits per heavy atom. The summed E-state index contributed by atoms with van der Waals surface area (Å²) < 4.78 is 5.32. The van der Waals surface area contributed by atoms with Crippen LogP contribution in [0.2, 0.25) is 0 Å². The van der Waals surface area contributed by atoms with Crippen molar-refractivity contribution in [3.63, 3.8) is 0 Å². The van der Waals surface area contributed by atoms with Gasteiger partial charge in [-0.25, -0.2) is 0 Å². The fraction of sp³-hybridized carbons (Fsp3) is 0. The van der Waals surface area contributed by atoms with Crippen LogP contribution < -0.4 is 16.2 Å². The summed E-state index contributed by atoms with van der Waals surface area (Å²) in [5, 5.41) is 18.8. The molecule has 2 aromatic rings. The van der Waals surface area contributed by atoms with E-state index in [-0.39, 0.29) is 34.4 Å². The number of phenolic OH excluding ortho intramolecular Hbond substituents is 2. The summed E-state index contributed by atoms with van der Waals surface area (Å²) in [7, 11) is 0. The fourth-order valence-electron chi connectivity index (χ4n) is 1.23. The van der Waals surface area contributed by atoms with E-state index in [2.05, 4.69) is 12.1 Å². The van der Waals surface area contributed by atoms with Crippen LogP contribution in [0.4, 0.5) is 11.4 Å². The quantitative estimate of drug-likeness (QED) is 0.464. The molecule has 0 aliphatic carbocycles. The summed E-state index contributed by atoms with van der Waals surface area (Å²) in [4.78, 5) is 0. The van der Waals surface area contributed by atoms with Crippen LogP contribution in [-0.4, -0.2) is 10.2 Å². The van der Waals surface area contributed by atoms with Gasteiger partial charge in [-0.05, 0) is 24.3 Å². The lowest BCUT2D eigenvalue weighted by Crippen LogP contribution is -1.96. The third-order valence-corrected chi connectivity index (χ3v) is 2.16. The van der Waals surface area contributed by atoms with Gasteiger partial charge in [-0.2, -0.15) is 0 Å². The van der Waals surface area contributed by atoms with Crippen LogP contribution in [0, 0.1) is 12.1 Å². The highest BCUT2D eigenvalue weighted by Crippen LogP contribution is 2.37. The number of hydrogen-bond acceptors (Lipinski definition) is 5. The van der Waals surface area contributed by atoms with Crippen LogP contribution in [0.25, 0.3) is 0 Å². The van der Waals surface area contributed by atoms with Crippen LogP contribution in [-0.2, 0) is 0 Å². The van der Waals surface area contributed by atoms with E-state index in [0.717, 1.165) is 0 Å². The minimum absolute atomic E-state index is 0.0450. The van der Waals surface area contributed by atoms with Crippen molar-refractivity contribution < 1.29 is 14.9 Å². The summed E-state index contributed by atoms with van der Waals surface area (Å²) in [6.07, 6.45) is 0. The molecule has 5 heteroatoms. The molecule has 5 nitrogen and oxygen atoms in total. The summed E-state index contributed by atoms with van der Waals surface area (Å²) >= 11 is 0. The SMILES string of the molecule is Nc1c(Oc2[c]ccc(O)c2N)[c]ccc1O. The van der Waals surface area contributed by atoms with Crippen LogP contribution in [0.5, 0.6) is 23.0 Å². The first kappa shape index (κ1) is 10.9. The molecule has 0 fully saturated rings. The standard InChI is InChI=1S/C12H10N2O3/c13-11-7(15)3-1-5-9(11)17-10-6-2-4-8(16)12(10)14/h1-4,15-16H,13-14H2. The predicted octanol–water partition coefficient (Wildman–Crippen LogP) is 1.65. The Morgan fingerprint density at radius 3 is 1.71 bits per heavy atom. The molecule has 17 heavy (non-hydrogen) atoms. The Kier molecular flexibility index (Phi) is 2.66. The number of nitrogen functional groups attached to an aromatic ring is 2. The molecule has 2 radical (unpaired) electrons. The maximum Gasteiger partial charge on any atom is 0.162 e. The van der Waals surface area contributed by atoms with Gasteiger partial charge in [0.25, 0.3) is 0 Å². The zero-order valence-corrected chi connectivity index (χ0v) is 8.77. The number of anilines is 2. The highest BCUT2D eigenvalue weighted by Gasteiger charge is 2.10. The second-order valence-corrected chi connectivity index (χ2v) is 3.31. The predicted molar refractivity (Wildman–Crippen MR) is 62.8 cm³/mol. The number of phenols is 2. The molecule has 86 valence electrons. The number of nitrogens with two attached hydrogens (primary N) is 2. The summed E-state index contributed by atoms with van der Waals surface area (Å²) in [5.41, 5.74) is 11.3. The molecule has 0 aliphatic heterocycles. The Bertz CT molecular complexity index is 506. The number of benzene rings is 2. The van der Waals surface area contributed by atoms with E-state index in [1.165, 1.54) is 24.3 Å². The molecule has 0 unspecified atom stereocenters. The Hall–Kier alpha value is -2.56. The molecule has 0 aromatic heterocycles. The Labute approximate surface area is 97.9 Å². The first-order valence-electron chi connectivity index (χ1n) is 4.75. The first-order chi connectivity index (χ1) is 8.09. The molecular weight excluding hydrogens is 220 g/mol. The van der Waals surface area contributed by atoms with Gasteiger partial charge in [-0.3, -0.25) is 0 Å². The molecule has 0 atom stereocenters. The normalized spacial score (nSPS) is 10.1. The minimum Gasteiger partial charge on any atom is -0.506 e. The van der Waals surface area contributed by atoms with Gasteiger partial charge in [-0.1, -0.05) is 0 Å². The van der Waals surface area contributed by atoms with E-state index in [4.69, 9.17) is 16.2 Å². The van der Waals surface area contributed by atoms with Crippen molar-refractivity contribution in [3.05, 3.63) is 36.4 Å². The molecule has 0 saturated carbocycles. The lowest BCUT2D eigenvalue weighted by atomic mass is 10.2. The van der Waals surface area contributed by atoms with Gasteiger partial charge in [0.15, 0.2) is 11.5 Å². The maximum absolute atomic E-state index is 9.39. The molecule has 0 saturated heterocycles. The highest BCUT2D eigenvalue weighted by atomic mass is 16.5. The molecule has 0 bridgehead atoms. The van der Waals surface area contributed by atoms with Crippen molar-refractivity contribution in [3.8, 4) is 23.0 Å². The van der Waals surface area contributed by atoms with Gasteiger partial charge in [0.2, 0.25) is 0 Å². The minimum atomic E-state index is -0.113. The van der Waals surface area contributed by atoms with E-state index >= 15 is 0 Å². The van der Waals surface area contributed by atoms with E-state index in [1.54, 1.807) is 0 Å². The van der Waals surface area contributed by atoms with Gasteiger partial charge in [0.1, 0.15) is 22.9 Å². The smallest absolute Gasteiger partial charge is 0.162 e. The Morgan fingerprint density at radius 1 is 0.882 bits per heavy atom. The van der Waals surface area contributed by atoms with Crippen molar-refractivity contribution in [1.82, 2.24) is 0 Å². The molecule has 2 aromatic carbocycles. The monoisotopic (exact) mass is 230 g/mol. The molecule has 0 heterocycles. The second-order valence-electron chi connectivity index (χ2n) is 3.31. The van der Waals surface area contributed by atoms with Crippen molar-refractivity contribution in [2.75, 3.05) is 11.5 Å². The van der Waals surface area contributed by atoms with Crippen molar-refractivity contribution >= 4 is 11.4 Å². The molecule has 0 aliphatic rings. The van der Waals surface area contributed by atoms with Crippen molar-refractivity contribution in [2.24, 2.45) is 0 Å². The van der Waals surface area contributed by atoms with Gasteiger partial charge in [0, 0.05) is 12.1 Å². The lowest BCUT2D eigenvalue weighted by molar-refractivity contribution is 0.451. The van der Waals surface area contributed by atoms with E-state index in [9.17, 15) is 10.2 Å². The second kappa shape index (κ2) is 4.13. The molecule has 6 N–H and O–H groups in total. The summed E-state index contributed by atoms with van der Waals surface area (Å²) in [5.74, 6) is 0.0204. The summed E-state index contributed by atoms with van der Waals surface area (Å²) in [6, 6.07) is 11.1. The van der Waals surface area contributed by atoms with Gasteiger partial charge in [0.05, 0.1) is 0 Å². The molecular formula is C12H10N2O3. The zero-order valence-electron chi connectivity index (χ0n) is 8.77. The molecule has 0 spiro atoms. The van der Waals surface area contributed by atoms with E-state index < -0.39 is 0 Å². The number of ether oxygens (including phenoxy) is 1. The third-order valence-electron chi connectivity index (χ3n) is 2.16. The fourth-order valence-corrected chi connectivity index (χ4v) is 1.23. The largest absolute Gasteiger partial charge is 0.506 e. The third kappa shape index (κ3) is 2.03. The molecule has 0 amide bonds. The van der Waals surface area contributed by atoms with Crippen LogP contribution in [0.1, 0.15) is 0 Å². The maximum atomic E-state index is 9.39. The van der Waals surface area contributed by atoms with Crippen LogP contribution in [0.15, 0.2) is 24.3 Å². The van der Waals surface area contributed by atoms with E-state index in [1.807, 2.05) is 0 Å². The number of hydrogen-bond donors (Lipinski definition) is 4. The zero-order chi connectivity index (χ0) is 12.4. The van der Waals surface area contributed by atoms with E-state index in [0.29, 0.717) is 0 Å². The lowest BCUT2D eigenvalue weighted by Gasteiger charge is -2.11. The van der Waals surface area contributed by atoms with Gasteiger partial charge in [-0.15, -0.1) is 0 Å². The van der Waals surface area contributed by atoms with Crippen molar-refractivity contribution in [1.29, 1.82) is 0 Å². The van der Waals surface area contributed by atoms with Crippen LogP contribution >= 0.6 is 0 Å². The van der Waals surface area contributed by atoms with Gasteiger partial charge < -0.3 is 26.4 Å².